The van der Waals surface area contributed by atoms with Crippen LogP contribution < -0.4 is 20.1 Å². The second-order valence-corrected chi connectivity index (χ2v) is 13.2. The number of ether oxygens (including phenoxy) is 2. The summed E-state index contributed by atoms with van der Waals surface area (Å²) in [6.45, 7) is 1.24. The summed E-state index contributed by atoms with van der Waals surface area (Å²) in [5.74, 6) is -1.01. The first-order valence-electron chi connectivity index (χ1n) is 14.9. The summed E-state index contributed by atoms with van der Waals surface area (Å²) in [6.07, 6.45) is -2.32. The Balaban J connectivity index is 1.41. The zero-order chi connectivity index (χ0) is 31.9. The lowest BCUT2D eigenvalue weighted by molar-refractivity contribution is -0.137. The number of fused-ring (bicyclic) bond motifs is 1. The number of benzene rings is 1. The molecule has 2 atom stereocenters. The maximum absolute atomic E-state index is 16.6. The van der Waals surface area contributed by atoms with Gasteiger partial charge in [0.05, 0.1) is 22.7 Å². The molecule has 2 aromatic heterocycles. The molecule has 0 amide bonds. The Morgan fingerprint density at radius 3 is 2.69 bits per heavy atom. The number of aliphatic hydroxyl groups excluding tert-OH is 1. The first-order chi connectivity index (χ1) is 21.3. The smallest absolute Gasteiger partial charge is 0.418 e. The van der Waals surface area contributed by atoms with Crippen molar-refractivity contribution in [3.05, 3.63) is 28.5 Å². The van der Waals surface area contributed by atoms with Crippen molar-refractivity contribution in [2.45, 2.75) is 62.0 Å². The third-order valence-corrected chi connectivity index (χ3v) is 10.3. The van der Waals surface area contributed by atoms with Crippen LogP contribution in [0.3, 0.4) is 0 Å². The zero-order valence-electron chi connectivity index (χ0n) is 24.4. The van der Waals surface area contributed by atoms with Crippen molar-refractivity contribution in [2.75, 3.05) is 50.6 Å². The van der Waals surface area contributed by atoms with Gasteiger partial charge in [-0.2, -0.15) is 23.1 Å². The third-order valence-electron chi connectivity index (χ3n) is 10.0. The number of hydrogen-bond donors (Lipinski definition) is 2. The number of alkyl halides is 4. The Bertz CT molecular complexity index is 1670. The van der Waals surface area contributed by atoms with Crippen LogP contribution in [-0.2, 0) is 6.18 Å². The number of nitrogens with zero attached hydrogens (tertiary/aromatic N) is 5. The molecule has 3 aromatic rings. The predicted molar refractivity (Wildman–Crippen MR) is 157 cm³/mol. The molecule has 1 saturated carbocycles. The fraction of sp³-hybridized carbons (Fsp3) is 0.567. The van der Waals surface area contributed by atoms with Gasteiger partial charge in [-0.25, -0.2) is 13.8 Å². The lowest BCUT2D eigenvalue weighted by atomic mass is 9.66. The number of halogens is 6. The molecule has 7 rings (SSSR count). The van der Waals surface area contributed by atoms with E-state index in [-0.39, 0.29) is 66.5 Å². The SMILES string of the molecule is CN1c2nc(OC[C@@]34CCCN3C[C@H](F)C4)nc3c(F)c(-c4cc(N)cc(Cl)c4C(F)(F)F)nc(c23)OCCC12CC(CO)C2. The molecule has 5 heterocycles. The van der Waals surface area contributed by atoms with Crippen LogP contribution in [0.4, 0.5) is 33.5 Å². The van der Waals surface area contributed by atoms with Gasteiger partial charge in [-0.1, -0.05) is 11.6 Å². The molecule has 3 N–H and O–H groups in total. The monoisotopic (exact) mass is 654 g/mol. The molecular weight excluding hydrogens is 623 g/mol. The van der Waals surface area contributed by atoms with Crippen molar-refractivity contribution in [1.82, 2.24) is 19.9 Å². The second-order valence-electron chi connectivity index (χ2n) is 12.8. The van der Waals surface area contributed by atoms with Crippen LogP contribution in [0.25, 0.3) is 22.2 Å². The van der Waals surface area contributed by atoms with E-state index in [9.17, 15) is 22.7 Å². The fourth-order valence-corrected chi connectivity index (χ4v) is 8.13. The van der Waals surface area contributed by atoms with E-state index < -0.39 is 51.1 Å². The van der Waals surface area contributed by atoms with E-state index in [1.54, 1.807) is 7.05 Å². The Kier molecular flexibility index (Phi) is 7.21. The van der Waals surface area contributed by atoms with Crippen LogP contribution in [0, 0.1) is 11.7 Å². The fourth-order valence-electron chi connectivity index (χ4n) is 7.80. The number of aliphatic hydroxyl groups is 1. The van der Waals surface area contributed by atoms with Gasteiger partial charge in [0.1, 0.15) is 35.2 Å². The highest BCUT2D eigenvalue weighted by Gasteiger charge is 2.51. The van der Waals surface area contributed by atoms with E-state index >= 15 is 4.39 Å². The van der Waals surface area contributed by atoms with Gasteiger partial charge in [0.25, 0.3) is 0 Å². The number of nitrogen functional groups attached to an aromatic ring is 1. The van der Waals surface area contributed by atoms with E-state index in [1.165, 1.54) is 0 Å². The van der Waals surface area contributed by atoms with Crippen molar-refractivity contribution < 1.29 is 36.5 Å². The van der Waals surface area contributed by atoms with Gasteiger partial charge >= 0.3 is 12.2 Å². The Morgan fingerprint density at radius 1 is 1.18 bits per heavy atom. The second kappa shape index (κ2) is 10.7. The number of hydrogen-bond acceptors (Lipinski definition) is 9. The van der Waals surface area contributed by atoms with Crippen molar-refractivity contribution in [3.63, 3.8) is 0 Å². The van der Waals surface area contributed by atoms with E-state index in [2.05, 4.69) is 19.9 Å². The van der Waals surface area contributed by atoms with Gasteiger partial charge in [-0.15, -0.1) is 0 Å². The van der Waals surface area contributed by atoms with Gasteiger partial charge in [0.15, 0.2) is 5.82 Å². The van der Waals surface area contributed by atoms with Crippen molar-refractivity contribution in [2.24, 2.45) is 5.92 Å². The Hall–Kier alpha value is -3.23. The molecule has 2 saturated heterocycles. The summed E-state index contributed by atoms with van der Waals surface area (Å²) in [4.78, 5) is 17.2. The first kappa shape index (κ1) is 30.4. The largest absolute Gasteiger partial charge is 0.477 e. The lowest BCUT2D eigenvalue weighted by Gasteiger charge is -2.54. The number of rotatable bonds is 5. The first-order valence-corrected chi connectivity index (χ1v) is 15.3. The van der Waals surface area contributed by atoms with Crippen LogP contribution in [0.5, 0.6) is 11.9 Å². The van der Waals surface area contributed by atoms with Gasteiger partial charge in [-0.05, 0) is 50.3 Å². The minimum absolute atomic E-state index is 0.0125. The minimum Gasteiger partial charge on any atom is -0.477 e. The van der Waals surface area contributed by atoms with Gasteiger partial charge in [0, 0.05) is 49.8 Å². The number of nitrogens with two attached hydrogens (primary N) is 1. The maximum Gasteiger partial charge on any atom is 0.418 e. The van der Waals surface area contributed by atoms with Crippen LogP contribution in [-0.4, -0.2) is 82.2 Å². The van der Waals surface area contributed by atoms with Crippen LogP contribution in [0.2, 0.25) is 5.02 Å². The van der Waals surface area contributed by atoms with Crippen LogP contribution in [0.15, 0.2) is 12.1 Å². The molecule has 1 spiro atoms. The normalized spacial score (nSPS) is 28.1. The van der Waals surface area contributed by atoms with Gasteiger partial charge in [-0.3, -0.25) is 4.90 Å². The Labute approximate surface area is 260 Å². The molecule has 3 aliphatic heterocycles. The van der Waals surface area contributed by atoms with Crippen molar-refractivity contribution >= 4 is 34.0 Å². The summed E-state index contributed by atoms with van der Waals surface area (Å²) >= 11 is 5.99. The molecule has 15 heteroatoms. The summed E-state index contributed by atoms with van der Waals surface area (Å²) in [5.41, 5.74) is 1.73. The number of pyridine rings is 1. The molecule has 4 aliphatic rings. The molecule has 1 aromatic carbocycles. The van der Waals surface area contributed by atoms with E-state index in [4.69, 9.17) is 26.8 Å². The summed E-state index contributed by atoms with van der Waals surface area (Å²) in [7, 11) is 1.79. The van der Waals surface area contributed by atoms with Crippen molar-refractivity contribution in [1.29, 1.82) is 0 Å². The summed E-state index contributed by atoms with van der Waals surface area (Å²) < 4.78 is 85.9. The lowest BCUT2D eigenvalue weighted by Crippen LogP contribution is -2.58. The summed E-state index contributed by atoms with van der Waals surface area (Å²) in [5, 5.41) is 9.11. The quantitative estimate of drug-likeness (QED) is 0.276. The highest BCUT2D eigenvalue weighted by atomic mass is 35.5. The molecule has 9 nitrogen and oxygen atoms in total. The van der Waals surface area contributed by atoms with E-state index in [0.717, 1.165) is 31.5 Å². The predicted octanol–water partition coefficient (Wildman–Crippen LogP) is 5.40. The molecule has 0 radical (unpaired) electrons. The zero-order valence-corrected chi connectivity index (χ0v) is 25.2. The summed E-state index contributed by atoms with van der Waals surface area (Å²) in [6, 6.07) is 1.70. The van der Waals surface area contributed by atoms with Crippen LogP contribution >= 0.6 is 11.6 Å². The molecule has 242 valence electrons. The topological polar surface area (TPSA) is 110 Å². The van der Waals surface area contributed by atoms with Crippen LogP contribution in [0.1, 0.15) is 44.1 Å². The standard InChI is InChI=1S/C30H32ClF5N6O3/c1-41-25-20-24(39-27(40-25)45-14-29-3-2-5-42(29)12-16(32)11-29)22(33)23(18-7-17(37)8-19(31)21(18)30(34,35)36)38-26(20)44-6-4-28(41)9-15(10-28)13-43/h7-8,15-16,43H,2-6,9-14,37H2,1H3/t15?,16-,28?,29+/m1/s1. The number of anilines is 2. The molecule has 1 aliphatic carbocycles. The highest BCUT2D eigenvalue weighted by molar-refractivity contribution is 6.32. The Morgan fingerprint density at radius 2 is 1.96 bits per heavy atom. The molecule has 0 bridgehead atoms. The van der Waals surface area contributed by atoms with Gasteiger partial charge in [0.2, 0.25) is 5.88 Å². The molecule has 0 unspecified atom stereocenters. The molecule has 45 heavy (non-hydrogen) atoms. The third kappa shape index (κ3) is 4.91. The average Bonchev–Trinajstić information content (AvgIpc) is 3.47. The van der Waals surface area contributed by atoms with E-state index in [1.807, 2.05) is 4.90 Å². The molecular formula is C30H32ClF5N6O3. The average molecular weight is 655 g/mol. The van der Waals surface area contributed by atoms with Crippen molar-refractivity contribution in [3.8, 4) is 23.1 Å². The molecule has 3 fully saturated rings. The maximum atomic E-state index is 16.6. The van der Waals surface area contributed by atoms with E-state index in [0.29, 0.717) is 25.8 Å². The minimum atomic E-state index is -4.96. The highest BCUT2D eigenvalue weighted by Crippen LogP contribution is 2.51. The van der Waals surface area contributed by atoms with Gasteiger partial charge < -0.3 is 25.2 Å². The number of aromatic nitrogens is 3.